The summed E-state index contributed by atoms with van der Waals surface area (Å²) in [4.78, 5) is 0.210. The molecule has 0 heterocycles. The van der Waals surface area contributed by atoms with Gasteiger partial charge in [0.1, 0.15) is 5.75 Å². The highest BCUT2D eigenvalue weighted by Gasteiger charge is 2.29. The van der Waals surface area contributed by atoms with Crippen LogP contribution in [0, 0.1) is 5.92 Å². The highest BCUT2D eigenvalue weighted by atomic mass is 35.5. The standard InChI is InChI=1S/C13H20N2O3S.ClH/c1-2-18-11-4-3-5-12(8-11)19(16,17)15-9-13(14)10-6-7-10;/h3-5,8,10,13,15H,2,6-7,9,14H2,1H3;1H. The van der Waals surface area contributed by atoms with Gasteiger partial charge in [-0.3, -0.25) is 0 Å². The van der Waals surface area contributed by atoms with Crippen molar-refractivity contribution in [2.24, 2.45) is 11.7 Å². The number of halogens is 1. The van der Waals surface area contributed by atoms with Gasteiger partial charge in [0.25, 0.3) is 0 Å². The zero-order valence-corrected chi connectivity index (χ0v) is 13.0. The second-order valence-electron chi connectivity index (χ2n) is 4.76. The normalized spacial score (nSPS) is 16.3. The first-order chi connectivity index (χ1) is 9.03. The second kappa shape index (κ2) is 7.26. The van der Waals surface area contributed by atoms with Crippen LogP contribution in [-0.4, -0.2) is 27.6 Å². The predicted octanol–water partition coefficient (Wildman–Crippen LogP) is 1.52. The van der Waals surface area contributed by atoms with Crippen LogP contribution in [0.1, 0.15) is 19.8 Å². The molecule has 1 saturated carbocycles. The molecule has 5 nitrogen and oxygen atoms in total. The third kappa shape index (κ3) is 4.63. The van der Waals surface area contributed by atoms with Crippen molar-refractivity contribution in [3.05, 3.63) is 24.3 Å². The summed E-state index contributed by atoms with van der Waals surface area (Å²) in [6, 6.07) is 6.38. The first-order valence-corrected chi connectivity index (χ1v) is 7.99. The maximum atomic E-state index is 12.1. The maximum Gasteiger partial charge on any atom is 0.240 e. The Labute approximate surface area is 126 Å². The van der Waals surface area contributed by atoms with Crippen LogP contribution in [0.4, 0.5) is 0 Å². The summed E-state index contributed by atoms with van der Waals surface area (Å²) >= 11 is 0. The fraction of sp³-hybridized carbons (Fsp3) is 0.538. The average molecular weight is 321 g/mol. The Morgan fingerprint density at radius 2 is 2.15 bits per heavy atom. The van der Waals surface area contributed by atoms with Crippen LogP contribution >= 0.6 is 12.4 Å². The predicted molar refractivity (Wildman–Crippen MR) is 80.7 cm³/mol. The minimum absolute atomic E-state index is 0. The van der Waals surface area contributed by atoms with Gasteiger partial charge in [0.15, 0.2) is 0 Å². The summed E-state index contributed by atoms with van der Waals surface area (Å²) in [5, 5.41) is 0. The molecule has 1 aliphatic carbocycles. The van der Waals surface area contributed by atoms with Crippen LogP contribution in [0.25, 0.3) is 0 Å². The lowest BCUT2D eigenvalue weighted by Gasteiger charge is -2.12. The molecule has 0 saturated heterocycles. The van der Waals surface area contributed by atoms with Crippen molar-refractivity contribution in [2.75, 3.05) is 13.2 Å². The van der Waals surface area contributed by atoms with E-state index in [-0.39, 0.29) is 29.9 Å². The lowest BCUT2D eigenvalue weighted by atomic mass is 10.2. The molecule has 0 bridgehead atoms. The third-order valence-corrected chi connectivity index (χ3v) is 4.58. The highest BCUT2D eigenvalue weighted by Crippen LogP contribution is 2.31. The van der Waals surface area contributed by atoms with E-state index in [2.05, 4.69) is 4.72 Å². The van der Waals surface area contributed by atoms with Gasteiger partial charge in [-0.1, -0.05) is 6.07 Å². The van der Waals surface area contributed by atoms with Gasteiger partial charge in [-0.15, -0.1) is 12.4 Å². The lowest BCUT2D eigenvalue weighted by Crippen LogP contribution is -2.38. The van der Waals surface area contributed by atoms with Gasteiger partial charge >= 0.3 is 0 Å². The molecule has 3 N–H and O–H groups in total. The number of rotatable bonds is 7. The monoisotopic (exact) mass is 320 g/mol. The van der Waals surface area contributed by atoms with Crippen molar-refractivity contribution in [3.8, 4) is 5.75 Å². The molecule has 0 amide bonds. The molecule has 7 heteroatoms. The SMILES string of the molecule is CCOc1cccc(S(=O)(=O)NCC(N)C2CC2)c1.Cl. The summed E-state index contributed by atoms with van der Waals surface area (Å²) in [6.07, 6.45) is 2.20. The minimum atomic E-state index is -3.51. The van der Waals surface area contributed by atoms with Crippen molar-refractivity contribution < 1.29 is 13.2 Å². The molecule has 20 heavy (non-hydrogen) atoms. The van der Waals surface area contributed by atoms with E-state index in [4.69, 9.17) is 10.5 Å². The smallest absolute Gasteiger partial charge is 0.240 e. The number of ether oxygens (including phenoxy) is 1. The Morgan fingerprint density at radius 3 is 2.75 bits per heavy atom. The molecule has 1 aromatic carbocycles. The number of sulfonamides is 1. The first-order valence-electron chi connectivity index (χ1n) is 6.51. The largest absolute Gasteiger partial charge is 0.494 e. The first kappa shape index (κ1) is 17.2. The van der Waals surface area contributed by atoms with Gasteiger partial charge < -0.3 is 10.5 Å². The molecular formula is C13H21ClN2O3S. The Bertz CT molecular complexity index is 532. The topological polar surface area (TPSA) is 81.4 Å². The maximum absolute atomic E-state index is 12.1. The Kier molecular flexibility index (Phi) is 6.26. The summed E-state index contributed by atoms with van der Waals surface area (Å²) in [5.74, 6) is 1.02. The van der Waals surface area contributed by atoms with E-state index >= 15 is 0 Å². The van der Waals surface area contributed by atoms with Gasteiger partial charge in [-0.05, 0) is 37.8 Å². The van der Waals surface area contributed by atoms with Crippen LogP contribution in [-0.2, 0) is 10.0 Å². The van der Waals surface area contributed by atoms with Crippen LogP contribution in [0.2, 0.25) is 0 Å². The van der Waals surface area contributed by atoms with Gasteiger partial charge in [-0.2, -0.15) is 0 Å². The number of nitrogens with two attached hydrogens (primary N) is 1. The van der Waals surface area contributed by atoms with Gasteiger partial charge in [0.05, 0.1) is 11.5 Å². The number of hydrogen-bond donors (Lipinski definition) is 2. The zero-order valence-electron chi connectivity index (χ0n) is 11.4. The Morgan fingerprint density at radius 1 is 1.45 bits per heavy atom. The fourth-order valence-corrected chi connectivity index (χ4v) is 2.99. The molecule has 1 atom stereocenters. The molecular weight excluding hydrogens is 300 g/mol. The number of hydrogen-bond acceptors (Lipinski definition) is 4. The molecule has 1 aliphatic rings. The van der Waals surface area contributed by atoms with E-state index in [0.29, 0.717) is 18.3 Å². The van der Waals surface area contributed by atoms with Gasteiger partial charge in [-0.25, -0.2) is 13.1 Å². The molecule has 0 spiro atoms. The van der Waals surface area contributed by atoms with Crippen LogP contribution in [0.5, 0.6) is 5.75 Å². The van der Waals surface area contributed by atoms with E-state index in [1.54, 1.807) is 18.2 Å². The molecule has 0 aliphatic heterocycles. The Balaban J connectivity index is 0.00000200. The van der Waals surface area contributed by atoms with Crippen LogP contribution < -0.4 is 15.2 Å². The van der Waals surface area contributed by atoms with Gasteiger partial charge in [0.2, 0.25) is 10.0 Å². The van der Waals surface area contributed by atoms with Crippen molar-refractivity contribution in [3.63, 3.8) is 0 Å². The summed E-state index contributed by atoms with van der Waals surface area (Å²) in [5.41, 5.74) is 5.89. The molecule has 114 valence electrons. The van der Waals surface area contributed by atoms with Gasteiger partial charge in [0, 0.05) is 18.7 Å². The average Bonchev–Trinajstić information content (AvgIpc) is 3.21. The molecule has 1 fully saturated rings. The summed E-state index contributed by atoms with van der Waals surface area (Å²) in [6.45, 7) is 2.64. The van der Waals surface area contributed by atoms with Crippen LogP contribution in [0.3, 0.4) is 0 Å². The van der Waals surface area contributed by atoms with Crippen molar-refractivity contribution in [1.29, 1.82) is 0 Å². The zero-order chi connectivity index (χ0) is 13.9. The van der Waals surface area contributed by atoms with E-state index < -0.39 is 10.0 Å². The Hall–Kier alpha value is -0.820. The molecule has 1 unspecified atom stereocenters. The second-order valence-corrected chi connectivity index (χ2v) is 6.53. The van der Waals surface area contributed by atoms with Crippen molar-refractivity contribution >= 4 is 22.4 Å². The van der Waals surface area contributed by atoms with Crippen molar-refractivity contribution in [2.45, 2.75) is 30.7 Å². The van der Waals surface area contributed by atoms with Crippen molar-refractivity contribution in [1.82, 2.24) is 4.72 Å². The number of benzene rings is 1. The lowest BCUT2D eigenvalue weighted by molar-refractivity contribution is 0.339. The molecule has 2 rings (SSSR count). The minimum Gasteiger partial charge on any atom is -0.494 e. The highest BCUT2D eigenvalue weighted by molar-refractivity contribution is 7.89. The summed E-state index contributed by atoms with van der Waals surface area (Å²) in [7, 11) is -3.51. The molecule has 1 aromatic rings. The van der Waals surface area contributed by atoms with E-state index in [9.17, 15) is 8.42 Å². The quantitative estimate of drug-likeness (QED) is 0.798. The molecule has 0 aromatic heterocycles. The van der Waals surface area contributed by atoms with E-state index in [1.807, 2.05) is 6.92 Å². The molecule has 0 radical (unpaired) electrons. The number of nitrogens with one attached hydrogen (secondary N) is 1. The fourth-order valence-electron chi connectivity index (χ4n) is 1.88. The van der Waals surface area contributed by atoms with Crippen LogP contribution in [0.15, 0.2) is 29.2 Å². The van der Waals surface area contributed by atoms with E-state index in [0.717, 1.165) is 12.8 Å². The third-order valence-electron chi connectivity index (χ3n) is 3.16. The van der Waals surface area contributed by atoms with E-state index in [1.165, 1.54) is 6.07 Å². The summed E-state index contributed by atoms with van der Waals surface area (Å²) < 4.78 is 32.1.